The summed E-state index contributed by atoms with van der Waals surface area (Å²) in [6.07, 6.45) is -0.249. The van der Waals surface area contributed by atoms with Crippen molar-refractivity contribution < 1.29 is 9.90 Å². The minimum atomic E-state index is -0.995. The van der Waals surface area contributed by atoms with Gasteiger partial charge in [-0.15, -0.1) is 0 Å². The Morgan fingerprint density at radius 1 is 1.15 bits per heavy atom. The summed E-state index contributed by atoms with van der Waals surface area (Å²) in [7, 11) is 0. The molecule has 0 radical (unpaired) electrons. The van der Waals surface area contributed by atoms with E-state index in [1.165, 1.54) is 0 Å². The third kappa shape index (κ3) is 2.79. The van der Waals surface area contributed by atoms with Crippen LogP contribution in [-0.4, -0.2) is 15.6 Å². The van der Waals surface area contributed by atoms with E-state index in [1.54, 1.807) is 10.6 Å². The molecule has 2 rings (SSSR count). The fourth-order valence-corrected chi connectivity index (χ4v) is 2.25. The summed E-state index contributed by atoms with van der Waals surface area (Å²) >= 11 is 0. The van der Waals surface area contributed by atoms with Gasteiger partial charge in [0, 0.05) is 11.6 Å². The Morgan fingerprint density at radius 2 is 1.80 bits per heavy atom. The fraction of sp³-hybridized carbons (Fsp3) is 0.250. The van der Waals surface area contributed by atoms with Crippen molar-refractivity contribution >= 4 is 5.97 Å². The second-order valence-electron chi connectivity index (χ2n) is 4.95. The van der Waals surface area contributed by atoms with Crippen LogP contribution in [0.5, 0.6) is 0 Å². The van der Waals surface area contributed by atoms with Crippen LogP contribution in [-0.2, 0) is 11.2 Å². The van der Waals surface area contributed by atoms with Crippen molar-refractivity contribution in [2.45, 2.75) is 26.3 Å². The van der Waals surface area contributed by atoms with E-state index in [4.69, 9.17) is 5.11 Å². The zero-order chi connectivity index (χ0) is 14.7. The average Bonchev–Trinajstić information content (AvgIpc) is 2.41. The molecule has 4 nitrogen and oxygen atoms in total. The summed E-state index contributed by atoms with van der Waals surface area (Å²) in [4.78, 5) is 23.2. The summed E-state index contributed by atoms with van der Waals surface area (Å²) < 4.78 is 1.65. The molecule has 0 unspecified atom stereocenters. The van der Waals surface area contributed by atoms with Crippen LogP contribution >= 0.6 is 0 Å². The molecule has 0 aliphatic rings. The van der Waals surface area contributed by atoms with E-state index in [0.29, 0.717) is 5.56 Å². The lowest BCUT2D eigenvalue weighted by Crippen LogP contribution is -2.27. The quantitative estimate of drug-likeness (QED) is 0.930. The van der Waals surface area contributed by atoms with Crippen LogP contribution in [0.25, 0.3) is 11.3 Å². The summed E-state index contributed by atoms with van der Waals surface area (Å²) in [5.41, 5.74) is 1.83. The highest BCUT2D eigenvalue weighted by atomic mass is 16.4. The lowest BCUT2D eigenvalue weighted by atomic mass is 10.1. The molecule has 0 amide bonds. The number of carboxylic acids is 1. The van der Waals surface area contributed by atoms with E-state index in [1.807, 2.05) is 50.2 Å². The van der Waals surface area contributed by atoms with Gasteiger partial charge in [0.1, 0.15) is 0 Å². The molecule has 1 aromatic heterocycles. The Labute approximate surface area is 117 Å². The van der Waals surface area contributed by atoms with Crippen molar-refractivity contribution in [1.82, 2.24) is 4.57 Å². The van der Waals surface area contributed by atoms with Crippen molar-refractivity contribution in [3.05, 3.63) is 58.4 Å². The first-order valence-electron chi connectivity index (χ1n) is 6.52. The number of pyridine rings is 1. The molecule has 0 atom stereocenters. The molecule has 0 spiro atoms. The van der Waals surface area contributed by atoms with Crippen LogP contribution < -0.4 is 5.56 Å². The molecule has 1 heterocycles. The highest BCUT2D eigenvalue weighted by Crippen LogP contribution is 2.21. The Balaban J connectivity index is 2.63. The zero-order valence-corrected chi connectivity index (χ0v) is 11.5. The fourth-order valence-electron chi connectivity index (χ4n) is 2.25. The van der Waals surface area contributed by atoms with Gasteiger partial charge in [0.15, 0.2) is 0 Å². The van der Waals surface area contributed by atoms with Gasteiger partial charge in [-0.3, -0.25) is 9.59 Å². The molecule has 0 bridgehead atoms. The zero-order valence-electron chi connectivity index (χ0n) is 11.5. The van der Waals surface area contributed by atoms with Crippen molar-refractivity contribution in [2.75, 3.05) is 0 Å². The number of carbonyl (C=O) groups is 1. The molecular weight excluding hydrogens is 254 g/mol. The monoisotopic (exact) mass is 271 g/mol. The number of carboxylic acid groups (broad SMARTS) is 1. The minimum absolute atomic E-state index is 0.0357. The molecule has 0 saturated carbocycles. The largest absolute Gasteiger partial charge is 0.481 e. The van der Waals surface area contributed by atoms with E-state index in [-0.39, 0.29) is 18.0 Å². The lowest BCUT2D eigenvalue weighted by molar-refractivity contribution is -0.136. The van der Waals surface area contributed by atoms with Crippen molar-refractivity contribution in [1.29, 1.82) is 0 Å². The topological polar surface area (TPSA) is 59.3 Å². The van der Waals surface area contributed by atoms with Gasteiger partial charge in [0.2, 0.25) is 0 Å². The van der Waals surface area contributed by atoms with Crippen LogP contribution in [0.4, 0.5) is 0 Å². The van der Waals surface area contributed by atoms with Gasteiger partial charge < -0.3 is 9.67 Å². The first kappa shape index (κ1) is 14.1. The highest BCUT2D eigenvalue weighted by molar-refractivity contribution is 5.70. The number of nitrogens with zero attached hydrogens (tertiary/aromatic N) is 1. The maximum Gasteiger partial charge on any atom is 0.308 e. The molecule has 0 fully saturated rings. The number of hydrogen-bond acceptors (Lipinski definition) is 2. The van der Waals surface area contributed by atoms with Gasteiger partial charge in [-0.2, -0.15) is 0 Å². The molecule has 0 aliphatic carbocycles. The molecular formula is C16H17NO3. The summed E-state index contributed by atoms with van der Waals surface area (Å²) in [5.74, 6) is -0.995. The molecule has 0 aliphatic heterocycles. The van der Waals surface area contributed by atoms with E-state index >= 15 is 0 Å². The summed E-state index contributed by atoms with van der Waals surface area (Å²) in [5, 5.41) is 8.86. The van der Waals surface area contributed by atoms with Crippen LogP contribution in [0.2, 0.25) is 0 Å². The van der Waals surface area contributed by atoms with Crippen LogP contribution in [0.1, 0.15) is 25.5 Å². The van der Waals surface area contributed by atoms with E-state index in [9.17, 15) is 9.59 Å². The Kier molecular flexibility index (Phi) is 4.03. The maximum atomic E-state index is 12.4. The van der Waals surface area contributed by atoms with Crippen LogP contribution in [0.3, 0.4) is 0 Å². The van der Waals surface area contributed by atoms with Gasteiger partial charge in [0.05, 0.1) is 12.1 Å². The normalized spacial score (nSPS) is 10.8. The third-order valence-electron chi connectivity index (χ3n) is 3.12. The van der Waals surface area contributed by atoms with E-state index in [2.05, 4.69) is 0 Å². The van der Waals surface area contributed by atoms with Gasteiger partial charge in [-0.05, 0) is 25.5 Å². The summed E-state index contributed by atoms with van der Waals surface area (Å²) in [6.45, 7) is 3.83. The predicted molar refractivity (Wildman–Crippen MR) is 77.9 cm³/mol. The average molecular weight is 271 g/mol. The highest BCUT2D eigenvalue weighted by Gasteiger charge is 2.14. The Morgan fingerprint density at radius 3 is 2.35 bits per heavy atom. The van der Waals surface area contributed by atoms with E-state index in [0.717, 1.165) is 11.3 Å². The summed E-state index contributed by atoms with van der Waals surface area (Å²) in [6, 6.07) is 13.0. The van der Waals surface area contributed by atoms with Crippen molar-refractivity contribution in [2.24, 2.45) is 0 Å². The number of hydrogen-bond donors (Lipinski definition) is 1. The molecule has 1 N–H and O–H groups in total. The second-order valence-corrected chi connectivity index (χ2v) is 4.95. The first-order valence-corrected chi connectivity index (χ1v) is 6.52. The van der Waals surface area contributed by atoms with Gasteiger partial charge in [-0.1, -0.05) is 36.4 Å². The number of aliphatic carboxylic acids is 1. The third-order valence-corrected chi connectivity index (χ3v) is 3.12. The molecule has 1 aromatic carbocycles. The first-order chi connectivity index (χ1) is 9.50. The number of benzene rings is 1. The van der Waals surface area contributed by atoms with Crippen molar-refractivity contribution in [3.63, 3.8) is 0 Å². The van der Waals surface area contributed by atoms with Gasteiger partial charge in [-0.25, -0.2) is 0 Å². The molecule has 4 heteroatoms. The van der Waals surface area contributed by atoms with Crippen LogP contribution in [0, 0.1) is 0 Å². The molecule has 0 saturated heterocycles. The number of rotatable bonds is 4. The Hall–Kier alpha value is -2.36. The van der Waals surface area contributed by atoms with Crippen LogP contribution in [0.15, 0.2) is 47.3 Å². The minimum Gasteiger partial charge on any atom is -0.481 e. The SMILES string of the molecule is CC(C)n1c(-c2ccccc2)ccc(CC(=O)O)c1=O. The molecule has 2 aromatic rings. The standard InChI is InChI=1S/C16H17NO3/c1-11(2)17-14(12-6-4-3-5-7-12)9-8-13(16(17)20)10-15(18)19/h3-9,11H,10H2,1-2H3,(H,18,19). The second kappa shape index (κ2) is 5.74. The predicted octanol–water partition coefficient (Wildman–Crippen LogP) is 2.72. The van der Waals surface area contributed by atoms with E-state index < -0.39 is 5.97 Å². The smallest absolute Gasteiger partial charge is 0.308 e. The van der Waals surface area contributed by atoms with Crippen molar-refractivity contribution in [3.8, 4) is 11.3 Å². The lowest BCUT2D eigenvalue weighted by Gasteiger charge is -2.17. The Bertz CT molecular complexity index is 672. The molecule has 104 valence electrons. The van der Waals surface area contributed by atoms with Gasteiger partial charge in [0.25, 0.3) is 5.56 Å². The molecule has 20 heavy (non-hydrogen) atoms. The number of aromatic nitrogens is 1. The van der Waals surface area contributed by atoms with Gasteiger partial charge >= 0.3 is 5.97 Å². The maximum absolute atomic E-state index is 12.4.